The number of piperazine rings is 1. The minimum atomic E-state index is 0. The van der Waals surface area contributed by atoms with Crippen molar-refractivity contribution in [3.05, 3.63) is 41.8 Å². The van der Waals surface area contributed by atoms with Crippen molar-refractivity contribution in [3.8, 4) is 11.5 Å². The number of nitrogens with one attached hydrogen (secondary N) is 1. The van der Waals surface area contributed by atoms with Gasteiger partial charge in [0.15, 0.2) is 5.96 Å². The first-order valence-corrected chi connectivity index (χ1v) is 9.69. The van der Waals surface area contributed by atoms with Crippen molar-refractivity contribution in [2.75, 3.05) is 58.4 Å². The molecule has 6 nitrogen and oxygen atoms in total. The van der Waals surface area contributed by atoms with Crippen LogP contribution in [0.4, 0.5) is 5.00 Å². The van der Waals surface area contributed by atoms with E-state index in [-0.39, 0.29) is 24.0 Å². The standard InChI is InChI=1S/C19H26N4O2S.HI/c1-20-19(21-9-14-25-17-7-5-16(24-2)6-8-17)23-12-10-22(11-13-23)18-4-3-15-26-18;/h3-8,15H,9-14H2,1-2H3,(H,20,21);1H. The van der Waals surface area contributed by atoms with Gasteiger partial charge >= 0.3 is 0 Å². The fourth-order valence-electron chi connectivity index (χ4n) is 2.92. The first-order chi connectivity index (χ1) is 12.8. The van der Waals surface area contributed by atoms with Crippen LogP contribution >= 0.6 is 35.3 Å². The molecule has 0 saturated carbocycles. The molecule has 0 spiro atoms. The zero-order valence-electron chi connectivity index (χ0n) is 15.8. The molecule has 148 valence electrons. The van der Waals surface area contributed by atoms with E-state index in [1.807, 2.05) is 31.3 Å². The van der Waals surface area contributed by atoms with Crippen LogP contribution in [0.15, 0.2) is 46.8 Å². The van der Waals surface area contributed by atoms with Crippen LogP contribution in [0.5, 0.6) is 11.5 Å². The number of benzene rings is 1. The molecule has 0 radical (unpaired) electrons. The third-order valence-corrected chi connectivity index (χ3v) is 5.25. The molecule has 1 aromatic carbocycles. The summed E-state index contributed by atoms with van der Waals surface area (Å²) in [6, 6.07) is 11.9. The molecule has 8 heteroatoms. The number of hydrogen-bond acceptors (Lipinski definition) is 5. The summed E-state index contributed by atoms with van der Waals surface area (Å²) in [4.78, 5) is 9.15. The van der Waals surface area contributed by atoms with E-state index in [0.29, 0.717) is 13.2 Å². The predicted molar refractivity (Wildman–Crippen MR) is 123 cm³/mol. The quantitative estimate of drug-likeness (QED) is 0.285. The summed E-state index contributed by atoms with van der Waals surface area (Å²) in [6.07, 6.45) is 0. The summed E-state index contributed by atoms with van der Waals surface area (Å²) >= 11 is 1.80. The number of thiophene rings is 1. The van der Waals surface area contributed by atoms with Crippen molar-refractivity contribution < 1.29 is 9.47 Å². The average Bonchev–Trinajstić information content (AvgIpc) is 3.24. The van der Waals surface area contributed by atoms with Gasteiger partial charge in [0.2, 0.25) is 0 Å². The molecule has 0 amide bonds. The Balaban J connectivity index is 0.00000261. The van der Waals surface area contributed by atoms with E-state index < -0.39 is 0 Å². The summed E-state index contributed by atoms with van der Waals surface area (Å²) in [5.74, 6) is 2.61. The van der Waals surface area contributed by atoms with Crippen LogP contribution in [0, 0.1) is 0 Å². The second-order valence-corrected chi connectivity index (χ2v) is 6.85. The van der Waals surface area contributed by atoms with E-state index in [1.165, 1.54) is 5.00 Å². The highest BCUT2D eigenvalue weighted by atomic mass is 127. The fraction of sp³-hybridized carbons (Fsp3) is 0.421. The molecule has 2 aromatic rings. The van der Waals surface area contributed by atoms with Crippen LogP contribution in [0.25, 0.3) is 0 Å². The molecule has 27 heavy (non-hydrogen) atoms. The van der Waals surface area contributed by atoms with Gasteiger partial charge in [-0.2, -0.15) is 0 Å². The zero-order valence-corrected chi connectivity index (χ0v) is 18.9. The van der Waals surface area contributed by atoms with Gasteiger partial charge in [0.05, 0.1) is 18.7 Å². The Kier molecular flexibility index (Phi) is 8.99. The number of anilines is 1. The monoisotopic (exact) mass is 502 g/mol. The van der Waals surface area contributed by atoms with E-state index >= 15 is 0 Å². The van der Waals surface area contributed by atoms with E-state index in [1.54, 1.807) is 18.4 Å². The van der Waals surface area contributed by atoms with Crippen molar-refractivity contribution in [1.29, 1.82) is 0 Å². The Bertz CT molecular complexity index is 686. The minimum Gasteiger partial charge on any atom is -0.497 e. The van der Waals surface area contributed by atoms with Crippen molar-refractivity contribution in [2.45, 2.75) is 0 Å². The zero-order chi connectivity index (χ0) is 18.2. The summed E-state index contributed by atoms with van der Waals surface area (Å²) in [6.45, 7) is 5.27. The maximum atomic E-state index is 5.76. The Morgan fingerprint density at radius 3 is 2.41 bits per heavy atom. The van der Waals surface area contributed by atoms with E-state index in [2.05, 4.69) is 37.6 Å². The van der Waals surface area contributed by atoms with Crippen molar-refractivity contribution in [1.82, 2.24) is 10.2 Å². The van der Waals surface area contributed by atoms with Gasteiger partial charge in [-0.15, -0.1) is 35.3 Å². The molecular formula is C19H27IN4O2S. The maximum Gasteiger partial charge on any atom is 0.193 e. The van der Waals surface area contributed by atoms with Gasteiger partial charge in [-0.05, 0) is 41.8 Å². The number of hydrogen-bond donors (Lipinski definition) is 1. The molecule has 0 bridgehead atoms. The molecule has 1 fully saturated rings. The van der Waals surface area contributed by atoms with Crippen LogP contribution in [-0.4, -0.2) is 64.3 Å². The lowest BCUT2D eigenvalue weighted by Gasteiger charge is -2.37. The smallest absolute Gasteiger partial charge is 0.193 e. The molecule has 1 aliphatic rings. The van der Waals surface area contributed by atoms with Crippen molar-refractivity contribution in [3.63, 3.8) is 0 Å². The van der Waals surface area contributed by atoms with Gasteiger partial charge in [0, 0.05) is 33.2 Å². The van der Waals surface area contributed by atoms with E-state index in [0.717, 1.165) is 43.6 Å². The highest BCUT2D eigenvalue weighted by Gasteiger charge is 2.20. The summed E-state index contributed by atoms with van der Waals surface area (Å²) in [5, 5.41) is 6.87. The van der Waals surface area contributed by atoms with Gasteiger partial charge in [0.25, 0.3) is 0 Å². The largest absolute Gasteiger partial charge is 0.497 e. The molecule has 3 rings (SSSR count). The lowest BCUT2D eigenvalue weighted by molar-refractivity contribution is 0.314. The summed E-state index contributed by atoms with van der Waals surface area (Å²) in [7, 11) is 3.49. The fourth-order valence-corrected chi connectivity index (χ4v) is 3.71. The second-order valence-electron chi connectivity index (χ2n) is 5.92. The number of ether oxygens (including phenoxy) is 2. The Hall–Kier alpha value is -1.68. The highest BCUT2D eigenvalue weighted by Crippen LogP contribution is 2.22. The third-order valence-electron chi connectivity index (χ3n) is 4.32. The molecular weight excluding hydrogens is 475 g/mol. The molecule has 1 N–H and O–H groups in total. The minimum absolute atomic E-state index is 0. The number of guanidine groups is 1. The van der Waals surface area contributed by atoms with Crippen LogP contribution in [-0.2, 0) is 0 Å². The first-order valence-electron chi connectivity index (χ1n) is 8.81. The first kappa shape index (κ1) is 21.6. The van der Waals surface area contributed by atoms with Crippen LogP contribution < -0.4 is 19.7 Å². The summed E-state index contributed by atoms with van der Waals surface area (Å²) < 4.78 is 10.9. The second kappa shape index (κ2) is 11.2. The van der Waals surface area contributed by atoms with Crippen LogP contribution in [0.2, 0.25) is 0 Å². The predicted octanol–water partition coefficient (Wildman–Crippen LogP) is 3.15. The number of halogens is 1. The van der Waals surface area contributed by atoms with Crippen molar-refractivity contribution in [2.24, 2.45) is 4.99 Å². The number of aliphatic imine (C=N–C) groups is 1. The Morgan fingerprint density at radius 2 is 1.81 bits per heavy atom. The van der Waals surface area contributed by atoms with Crippen LogP contribution in [0.3, 0.4) is 0 Å². The third kappa shape index (κ3) is 6.17. The molecule has 2 heterocycles. The molecule has 0 unspecified atom stereocenters. The van der Waals surface area contributed by atoms with Crippen molar-refractivity contribution >= 4 is 46.3 Å². The average molecular weight is 502 g/mol. The van der Waals surface area contributed by atoms with Gasteiger partial charge in [-0.25, -0.2) is 0 Å². The molecule has 0 aliphatic carbocycles. The molecule has 0 atom stereocenters. The number of methoxy groups -OCH3 is 1. The van der Waals surface area contributed by atoms with Crippen LogP contribution in [0.1, 0.15) is 0 Å². The Labute approximate surface area is 182 Å². The number of rotatable bonds is 6. The van der Waals surface area contributed by atoms with Gasteiger partial charge < -0.3 is 24.6 Å². The van der Waals surface area contributed by atoms with Gasteiger partial charge in [0.1, 0.15) is 18.1 Å². The maximum absolute atomic E-state index is 5.76. The normalized spacial score (nSPS) is 14.5. The highest BCUT2D eigenvalue weighted by molar-refractivity contribution is 14.0. The molecule has 1 aromatic heterocycles. The molecule has 1 aliphatic heterocycles. The lowest BCUT2D eigenvalue weighted by atomic mass is 10.3. The van der Waals surface area contributed by atoms with E-state index in [4.69, 9.17) is 9.47 Å². The number of nitrogens with zero attached hydrogens (tertiary/aromatic N) is 3. The van der Waals surface area contributed by atoms with E-state index in [9.17, 15) is 0 Å². The SMILES string of the molecule is CN=C(NCCOc1ccc(OC)cc1)N1CCN(c2cccs2)CC1.I. The Morgan fingerprint density at radius 1 is 1.11 bits per heavy atom. The lowest BCUT2D eigenvalue weighted by Crippen LogP contribution is -2.52. The summed E-state index contributed by atoms with van der Waals surface area (Å²) in [5.41, 5.74) is 0. The molecule has 1 saturated heterocycles. The topological polar surface area (TPSA) is 49.3 Å². The van der Waals surface area contributed by atoms with Gasteiger partial charge in [-0.1, -0.05) is 0 Å². The van der Waals surface area contributed by atoms with Gasteiger partial charge in [-0.3, -0.25) is 4.99 Å².